The second-order valence-corrected chi connectivity index (χ2v) is 4.72. The van der Waals surface area contributed by atoms with E-state index >= 15 is 0 Å². The molecule has 1 N–H and O–H groups in total. The minimum absolute atomic E-state index is 0.250. The van der Waals surface area contributed by atoms with Gasteiger partial charge in [0.25, 0.3) is 0 Å². The molecule has 0 aliphatic heterocycles. The molecule has 0 aliphatic rings. The highest BCUT2D eigenvalue weighted by Gasteiger charge is 2.07. The Kier molecular flexibility index (Phi) is 5.85. The molecule has 1 atom stereocenters. The van der Waals surface area contributed by atoms with Crippen molar-refractivity contribution in [3.63, 3.8) is 0 Å². The fourth-order valence-electron chi connectivity index (χ4n) is 1.46. The van der Waals surface area contributed by atoms with Crippen LogP contribution in [0.2, 0.25) is 0 Å². The van der Waals surface area contributed by atoms with E-state index in [1.54, 1.807) is 0 Å². The number of halogens is 1. The van der Waals surface area contributed by atoms with E-state index in [4.69, 9.17) is 4.74 Å². The first-order valence-electron chi connectivity index (χ1n) is 5.80. The average Bonchev–Trinajstić information content (AvgIpc) is 2.29. The van der Waals surface area contributed by atoms with E-state index in [1.165, 1.54) is 5.56 Å². The topological polar surface area (TPSA) is 21.3 Å². The highest BCUT2D eigenvalue weighted by Crippen LogP contribution is 2.22. The van der Waals surface area contributed by atoms with Crippen LogP contribution in [0.1, 0.15) is 25.8 Å². The van der Waals surface area contributed by atoms with Gasteiger partial charge >= 0.3 is 0 Å². The monoisotopic (exact) mass is 285 g/mol. The number of benzene rings is 1. The van der Waals surface area contributed by atoms with Gasteiger partial charge in [0.15, 0.2) is 0 Å². The van der Waals surface area contributed by atoms with Gasteiger partial charge in [-0.2, -0.15) is 0 Å². The molecule has 0 heterocycles. The maximum Gasteiger partial charge on any atom is 0.120 e. The van der Waals surface area contributed by atoms with Crippen LogP contribution in [0.5, 0.6) is 5.75 Å². The molecule has 0 radical (unpaired) electrons. The summed E-state index contributed by atoms with van der Waals surface area (Å²) in [5, 5.41) is 3.31. The van der Waals surface area contributed by atoms with Crippen LogP contribution in [0.15, 0.2) is 22.7 Å². The summed E-state index contributed by atoms with van der Waals surface area (Å²) < 4.78 is 7.04. The lowest BCUT2D eigenvalue weighted by molar-refractivity contribution is 0.194. The highest BCUT2D eigenvalue weighted by atomic mass is 79.9. The van der Waals surface area contributed by atoms with Crippen LogP contribution in [0.3, 0.4) is 0 Å². The summed E-state index contributed by atoms with van der Waals surface area (Å²) in [6, 6.07) is 6.11. The molecule has 2 nitrogen and oxygen atoms in total. The van der Waals surface area contributed by atoms with Gasteiger partial charge in [-0.15, -0.1) is 0 Å². The smallest absolute Gasteiger partial charge is 0.120 e. The lowest BCUT2D eigenvalue weighted by Crippen LogP contribution is -2.30. The van der Waals surface area contributed by atoms with Crippen LogP contribution in [0.25, 0.3) is 0 Å². The summed E-state index contributed by atoms with van der Waals surface area (Å²) in [5.41, 5.74) is 1.20. The fraction of sp³-hybridized carbons (Fsp3) is 0.538. The van der Waals surface area contributed by atoms with Crippen molar-refractivity contribution in [2.75, 3.05) is 13.1 Å². The molecule has 0 amide bonds. The second kappa shape index (κ2) is 6.92. The van der Waals surface area contributed by atoms with Gasteiger partial charge in [0, 0.05) is 11.0 Å². The zero-order chi connectivity index (χ0) is 12.0. The highest BCUT2D eigenvalue weighted by molar-refractivity contribution is 9.10. The largest absolute Gasteiger partial charge is 0.489 e. The van der Waals surface area contributed by atoms with Crippen LogP contribution in [0, 0.1) is 6.92 Å². The van der Waals surface area contributed by atoms with Crippen molar-refractivity contribution in [3.8, 4) is 5.75 Å². The van der Waals surface area contributed by atoms with Crippen molar-refractivity contribution < 1.29 is 4.74 Å². The Morgan fingerprint density at radius 1 is 1.38 bits per heavy atom. The Bertz CT molecular complexity index is 328. The van der Waals surface area contributed by atoms with Gasteiger partial charge in [-0.3, -0.25) is 0 Å². The predicted octanol–water partition coefficient (Wildman–Crippen LogP) is 3.52. The fourth-order valence-corrected chi connectivity index (χ4v) is 1.70. The SMILES string of the molecule is CCNCC(CC)Oc1ccc(Br)c(C)c1. The molecule has 0 saturated heterocycles. The van der Waals surface area contributed by atoms with Gasteiger partial charge in [-0.1, -0.05) is 29.8 Å². The number of hydrogen-bond acceptors (Lipinski definition) is 2. The number of nitrogens with one attached hydrogen (secondary N) is 1. The molecule has 1 aromatic rings. The third-order valence-corrected chi connectivity index (χ3v) is 3.40. The first-order valence-corrected chi connectivity index (χ1v) is 6.60. The standard InChI is InChI=1S/C13H20BrNO/c1-4-11(9-15-5-2)16-12-6-7-13(14)10(3)8-12/h6-8,11,15H,4-5,9H2,1-3H3. The Morgan fingerprint density at radius 2 is 2.12 bits per heavy atom. The van der Waals surface area contributed by atoms with Crippen molar-refractivity contribution >= 4 is 15.9 Å². The predicted molar refractivity (Wildman–Crippen MR) is 72.1 cm³/mol. The molecule has 0 aromatic heterocycles. The minimum atomic E-state index is 0.250. The van der Waals surface area contributed by atoms with Gasteiger partial charge in [0.2, 0.25) is 0 Å². The van der Waals surface area contributed by atoms with Crippen molar-refractivity contribution in [3.05, 3.63) is 28.2 Å². The maximum absolute atomic E-state index is 5.92. The summed E-state index contributed by atoms with van der Waals surface area (Å²) in [5.74, 6) is 0.949. The van der Waals surface area contributed by atoms with Gasteiger partial charge in [-0.25, -0.2) is 0 Å². The third-order valence-electron chi connectivity index (χ3n) is 2.51. The number of aryl methyl sites for hydroxylation is 1. The molecule has 0 saturated carbocycles. The van der Waals surface area contributed by atoms with Crippen LogP contribution >= 0.6 is 15.9 Å². The van der Waals surface area contributed by atoms with Crippen LogP contribution < -0.4 is 10.1 Å². The first kappa shape index (κ1) is 13.5. The lowest BCUT2D eigenvalue weighted by Gasteiger charge is -2.18. The minimum Gasteiger partial charge on any atom is -0.489 e. The molecule has 1 rings (SSSR count). The van der Waals surface area contributed by atoms with Gasteiger partial charge in [0.1, 0.15) is 11.9 Å². The van der Waals surface area contributed by atoms with E-state index in [-0.39, 0.29) is 6.10 Å². The number of rotatable bonds is 6. The van der Waals surface area contributed by atoms with Gasteiger partial charge in [0.05, 0.1) is 0 Å². The zero-order valence-electron chi connectivity index (χ0n) is 10.2. The quantitative estimate of drug-likeness (QED) is 0.864. The van der Waals surface area contributed by atoms with E-state index in [0.29, 0.717) is 0 Å². The normalized spacial score (nSPS) is 12.5. The Hall–Kier alpha value is -0.540. The number of hydrogen-bond donors (Lipinski definition) is 1. The van der Waals surface area contributed by atoms with Crippen molar-refractivity contribution in [2.45, 2.75) is 33.3 Å². The molecule has 0 bridgehead atoms. The Labute approximate surface area is 107 Å². The van der Waals surface area contributed by atoms with Crippen LogP contribution in [-0.4, -0.2) is 19.2 Å². The molecular weight excluding hydrogens is 266 g/mol. The number of likely N-dealkylation sites (N-methyl/N-ethyl adjacent to an activating group) is 1. The van der Waals surface area contributed by atoms with E-state index < -0.39 is 0 Å². The second-order valence-electron chi connectivity index (χ2n) is 3.87. The van der Waals surface area contributed by atoms with E-state index in [1.807, 2.05) is 12.1 Å². The molecule has 90 valence electrons. The van der Waals surface area contributed by atoms with Crippen LogP contribution in [-0.2, 0) is 0 Å². The molecule has 0 spiro atoms. The van der Waals surface area contributed by atoms with Crippen molar-refractivity contribution in [1.82, 2.24) is 5.32 Å². The molecule has 1 aromatic carbocycles. The summed E-state index contributed by atoms with van der Waals surface area (Å²) in [7, 11) is 0. The Balaban J connectivity index is 2.59. The van der Waals surface area contributed by atoms with Gasteiger partial charge in [-0.05, 0) is 43.7 Å². The third kappa shape index (κ3) is 4.14. The summed E-state index contributed by atoms with van der Waals surface area (Å²) >= 11 is 3.49. The molecule has 3 heteroatoms. The van der Waals surface area contributed by atoms with Gasteiger partial charge < -0.3 is 10.1 Å². The van der Waals surface area contributed by atoms with E-state index in [0.717, 1.165) is 29.7 Å². The van der Waals surface area contributed by atoms with Crippen molar-refractivity contribution in [1.29, 1.82) is 0 Å². The lowest BCUT2D eigenvalue weighted by atomic mass is 10.2. The van der Waals surface area contributed by atoms with Crippen LogP contribution in [0.4, 0.5) is 0 Å². The molecule has 16 heavy (non-hydrogen) atoms. The summed E-state index contributed by atoms with van der Waals surface area (Å²) in [6.07, 6.45) is 1.27. The molecule has 0 aliphatic carbocycles. The summed E-state index contributed by atoms with van der Waals surface area (Å²) in [6.45, 7) is 8.22. The van der Waals surface area contributed by atoms with E-state index in [2.05, 4.69) is 48.1 Å². The summed E-state index contributed by atoms with van der Waals surface area (Å²) in [4.78, 5) is 0. The average molecular weight is 286 g/mol. The first-order chi connectivity index (χ1) is 7.67. The molecule has 0 fully saturated rings. The van der Waals surface area contributed by atoms with E-state index in [9.17, 15) is 0 Å². The van der Waals surface area contributed by atoms with Crippen molar-refractivity contribution in [2.24, 2.45) is 0 Å². The molecular formula is C13H20BrNO. The number of ether oxygens (including phenoxy) is 1. The molecule has 1 unspecified atom stereocenters. The Morgan fingerprint density at radius 3 is 2.69 bits per heavy atom. The zero-order valence-corrected chi connectivity index (χ0v) is 11.8. The maximum atomic E-state index is 5.92.